The standard InChI is InChI=1S/C15H12ClNO4/c1-8-6-11(7-12(13(8)18)15(20)21)17-14(19)9-2-4-10(16)5-3-9/h2-7,18H,1H3,(H,17,19)(H,20,21). The van der Waals surface area contributed by atoms with E-state index >= 15 is 0 Å². The molecule has 0 saturated heterocycles. The molecule has 108 valence electrons. The van der Waals surface area contributed by atoms with Crippen molar-refractivity contribution in [2.75, 3.05) is 5.32 Å². The van der Waals surface area contributed by atoms with Crippen LogP contribution in [0.3, 0.4) is 0 Å². The van der Waals surface area contributed by atoms with E-state index in [1.54, 1.807) is 31.2 Å². The highest BCUT2D eigenvalue weighted by Crippen LogP contribution is 2.26. The summed E-state index contributed by atoms with van der Waals surface area (Å²) in [5, 5.41) is 21.8. The van der Waals surface area contributed by atoms with Gasteiger partial charge in [-0.1, -0.05) is 11.6 Å². The number of carboxylic acid groups (broad SMARTS) is 1. The third kappa shape index (κ3) is 3.32. The number of anilines is 1. The molecule has 5 nitrogen and oxygen atoms in total. The Hall–Kier alpha value is -2.53. The van der Waals surface area contributed by atoms with Gasteiger partial charge in [0.05, 0.1) is 0 Å². The highest BCUT2D eigenvalue weighted by molar-refractivity contribution is 6.30. The van der Waals surface area contributed by atoms with E-state index in [0.717, 1.165) is 0 Å². The number of amides is 1. The molecule has 0 heterocycles. The zero-order valence-corrected chi connectivity index (χ0v) is 11.8. The molecule has 1 amide bonds. The van der Waals surface area contributed by atoms with Crippen LogP contribution in [-0.4, -0.2) is 22.1 Å². The molecule has 2 aromatic carbocycles. The molecular weight excluding hydrogens is 294 g/mol. The summed E-state index contributed by atoms with van der Waals surface area (Å²) in [7, 11) is 0. The fourth-order valence-corrected chi connectivity index (χ4v) is 1.95. The van der Waals surface area contributed by atoms with Gasteiger partial charge in [-0.15, -0.1) is 0 Å². The van der Waals surface area contributed by atoms with E-state index in [9.17, 15) is 14.7 Å². The topological polar surface area (TPSA) is 86.6 Å². The van der Waals surface area contributed by atoms with Crippen LogP contribution in [0.2, 0.25) is 5.02 Å². The van der Waals surface area contributed by atoms with E-state index in [1.165, 1.54) is 12.1 Å². The van der Waals surface area contributed by atoms with Gasteiger partial charge in [0.2, 0.25) is 0 Å². The molecule has 2 aromatic rings. The van der Waals surface area contributed by atoms with Crippen molar-refractivity contribution >= 4 is 29.2 Å². The monoisotopic (exact) mass is 305 g/mol. The Bertz CT molecular complexity index is 710. The van der Waals surface area contributed by atoms with Crippen molar-refractivity contribution in [1.29, 1.82) is 0 Å². The minimum atomic E-state index is -1.27. The van der Waals surface area contributed by atoms with E-state index in [1.807, 2.05) is 0 Å². The zero-order valence-electron chi connectivity index (χ0n) is 11.1. The molecule has 0 saturated carbocycles. The number of aromatic hydroxyl groups is 1. The predicted molar refractivity (Wildman–Crippen MR) is 79.2 cm³/mol. The normalized spacial score (nSPS) is 10.2. The molecule has 6 heteroatoms. The summed E-state index contributed by atoms with van der Waals surface area (Å²) in [6.07, 6.45) is 0. The Balaban J connectivity index is 2.29. The maximum atomic E-state index is 12.0. The van der Waals surface area contributed by atoms with Crippen molar-refractivity contribution in [1.82, 2.24) is 0 Å². The zero-order chi connectivity index (χ0) is 15.6. The molecule has 0 aliphatic carbocycles. The number of phenols is 1. The Morgan fingerprint density at radius 1 is 1.14 bits per heavy atom. The van der Waals surface area contributed by atoms with Crippen LogP contribution in [0, 0.1) is 6.92 Å². The van der Waals surface area contributed by atoms with Gasteiger partial charge in [-0.2, -0.15) is 0 Å². The highest BCUT2D eigenvalue weighted by atomic mass is 35.5. The number of rotatable bonds is 3. The number of carbonyl (C=O) groups excluding carboxylic acids is 1. The largest absolute Gasteiger partial charge is 0.507 e. The average Bonchev–Trinajstić information content (AvgIpc) is 2.43. The molecule has 3 N–H and O–H groups in total. The summed E-state index contributed by atoms with van der Waals surface area (Å²) >= 11 is 5.75. The summed E-state index contributed by atoms with van der Waals surface area (Å²) in [4.78, 5) is 23.1. The quantitative estimate of drug-likeness (QED) is 0.759. The van der Waals surface area contributed by atoms with Gasteiger partial charge in [0.25, 0.3) is 5.91 Å². The van der Waals surface area contributed by atoms with E-state index < -0.39 is 11.9 Å². The number of carboxylic acids is 1. The first kappa shape index (κ1) is 14.9. The molecule has 0 spiro atoms. The second-order valence-corrected chi connectivity index (χ2v) is 4.89. The summed E-state index contributed by atoms with van der Waals surface area (Å²) in [6.45, 7) is 1.56. The van der Waals surface area contributed by atoms with Gasteiger partial charge >= 0.3 is 5.97 Å². The molecule has 0 atom stereocenters. The van der Waals surface area contributed by atoms with Gasteiger partial charge in [-0.05, 0) is 48.9 Å². The van der Waals surface area contributed by atoms with Crippen molar-refractivity contribution in [2.24, 2.45) is 0 Å². The average molecular weight is 306 g/mol. The molecule has 0 fully saturated rings. The molecule has 0 unspecified atom stereocenters. The summed E-state index contributed by atoms with van der Waals surface area (Å²) in [5.41, 5.74) is 0.785. The maximum Gasteiger partial charge on any atom is 0.339 e. The Morgan fingerprint density at radius 2 is 1.76 bits per heavy atom. The predicted octanol–water partition coefficient (Wildman–Crippen LogP) is 3.30. The number of halogens is 1. The van der Waals surface area contributed by atoms with E-state index in [4.69, 9.17) is 16.7 Å². The summed E-state index contributed by atoms with van der Waals surface area (Å²) in [6, 6.07) is 8.99. The first-order valence-electron chi connectivity index (χ1n) is 6.02. The van der Waals surface area contributed by atoms with Gasteiger partial charge in [-0.3, -0.25) is 4.79 Å². The lowest BCUT2D eigenvalue weighted by atomic mass is 10.1. The number of benzene rings is 2. The fourth-order valence-electron chi connectivity index (χ4n) is 1.82. The minimum Gasteiger partial charge on any atom is -0.507 e. The van der Waals surface area contributed by atoms with Crippen molar-refractivity contribution in [2.45, 2.75) is 6.92 Å². The first-order chi connectivity index (χ1) is 9.88. The SMILES string of the molecule is Cc1cc(NC(=O)c2ccc(Cl)cc2)cc(C(=O)O)c1O. The molecule has 0 aliphatic rings. The van der Waals surface area contributed by atoms with Crippen LogP contribution in [0.5, 0.6) is 5.75 Å². The lowest BCUT2D eigenvalue weighted by molar-refractivity contribution is 0.0693. The van der Waals surface area contributed by atoms with Crippen LogP contribution >= 0.6 is 11.6 Å². The lowest BCUT2D eigenvalue weighted by Gasteiger charge is -2.10. The van der Waals surface area contributed by atoms with Crippen LogP contribution in [0.1, 0.15) is 26.3 Å². The maximum absolute atomic E-state index is 12.0. The Labute approximate surface area is 125 Å². The number of nitrogens with one attached hydrogen (secondary N) is 1. The second-order valence-electron chi connectivity index (χ2n) is 4.46. The number of aromatic carboxylic acids is 1. The van der Waals surface area contributed by atoms with Gasteiger partial charge < -0.3 is 15.5 Å². The summed E-state index contributed by atoms with van der Waals surface area (Å²) < 4.78 is 0. The molecule has 0 aliphatic heterocycles. The van der Waals surface area contributed by atoms with Crippen molar-refractivity contribution < 1.29 is 19.8 Å². The molecule has 0 radical (unpaired) electrons. The van der Waals surface area contributed by atoms with Crippen LogP contribution in [-0.2, 0) is 0 Å². The number of carbonyl (C=O) groups is 2. The third-order valence-electron chi connectivity index (χ3n) is 2.90. The smallest absolute Gasteiger partial charge is 0.339 e. The van der Waals surface area contributed by atoms with E-state index in [-0.39, 0.29) is 11.3 Å². The number of hydrogen-bond acceptors (Lipinski definition) is 3. The fraction of sp³-hybridized carbons (Fsp3) is 0.0667. The Morgan fingerprint density at radius 3 is 2.33 bits per heavy atom. The molecular formula is C15H12ClNO4. The van der Waals surface area contributed by atoms with Crippen LogP contribution in [0.25, 0.3) is 0 Å². The first-order valence-corrected chi connectivity index (χ1v) is 6.40. The van der Waals surface area contributed by atoms with Crippen molar-refractivity contribution in [3.8, 4) is 5.75 Å². The van der Waals surface area contributed by atoms with E-state index in [0.29, 0.717) is 21.8 Å². The second kappa shape index (κ2) is 5.85. The summed E-state index contributed by atoms with van der Waals surface area (Å²) in [5.74, 6) is -1.97. The van der Waals surface area contributed by atoms with Crippen molar-refractivity contribution in [3.05, 3.63) is 58.1 Å². The molecule has 21 heavy (non-hydrogen) atoms. The van der Waals surface area contributed by atoms with Crippen molar-refractivity contribution in [3.63, 3.8) is 0 Å². The van der Waals surface area contributed by atoms with Gasteiger partial charge in [0, 0.05) is 16.3 Å². The minimum absolute atomic E-state index is 0.263. The Kier molecular flexibility index (Phi) is 4.14. The molecule has 0 aromatic heterocycles. The molecule has 0 bridgehead atoms. The number of aryl methyl sites for hydroxylation is 1. The van der Waals surface area contributed by atoms with Crippen LogP contribution < -0.4 is 5.32 Å². The van der Waals surface area contributed by atoms with E-state index in [2.05, 4.69) is 5.32 Å². The number of hydrogen-bond donors (Lipinski definition) is 3. The molecule has 2 rings (SSSR count). The van der Waals surface area contributed by atoms with Crippen LogP contribution in [0.4, 0.5) is 5.69 Å². The highest BCUT2D eigenvalue weighted by Gasteiger charge is 2.15. The van der Waals surface area contributed by atoms with Crippen LogP contribution in [0.15, 0.2) is 36.4 Å². The van der Waals surface area contributed by atoms with Gasteiger partial charge in [0.15, 0.2) is 0 Å². The third-order valence-corrected chi connectivity index (χ3v) is 3.15. The lowest BCUT2D eigenvalue weighted by Crippen LogP contribution is -2.12. The van der Waals surface area contributed by atoms with Gasteiger partial charge in [-0.25, -0.2) is 4.79 Å². The van der Waals surface area contributed by atoms with Gasteiger partial charge in [0.1, 0.15) is 11.3 Å².